The summed E-state index contributed by atoms with van der Waals surface area (Å²) in [6.07, 6.45) is 6.30. The van der Waals surface area contributed by atoms with Gasteiger partial charge in [0.15, 0.2) is 0 Å². The van der Waals surface area contributed by atoms with Crippen LogP contribution in [0.2, 0.25) is 0 Å². The van der Waals surface area contributed by atoms with Crippen molar-refractivity contribution in [1.29, 1.82) is 0 Å². The summed E-state index contributed by atoms with van der Waals surface area (Å²) in [6.45, 7) is 3.12. The Labute approximate surface area is 136 Å². The molecule has 1 spiro atoms. The maximum atomic E-state index is 12.6. The second-order valence-electron chi connectivity index (χ2n) is 6.57. The highest BCUT2D eigenvalue weighted by Gasteiger charge is 2.43. The van der Waals surface area contributed by atoms with E-state index in [2.05, 4.69) is 4.98 Å². The summed E-state index contributed by atoms with van der Waals surface area (Å²) in [4.78, 5) is 32.5. The molecule has 2 aliphatic rings. The average Bonchev–Trinajstić information content (AvgIpc) is 2.99. The zero-order valence-corrected chi connectivity index (χ0v) is 13.5. The highest BCUT2D eigenvalue weighted by Crippen LogP contribution is 2.39. The van der Waals surface area contributed by atoms with Gasteiger partial charge in [0, 0.05) is 51.1 Å². The first kappa shape index (κ1) is 15.9. The van der Waals surface area contributed by atoms with Gasteiger partial charge in [-0.3, -0.25) is 14.6 Å². The lowest BCUT2D eigenvalue weighted by atomic mass is 9.79. The minimum Gasteiger partial charge on any atom is -0.375 e. The molecule has 3 rings (SSSR count). The Morgan fingerprint density at radius 1 is 1.26 bits per heavy atom. The molecule has 1 aromatic heterocycles. The van der Waals surface area contributed by atoms with E-state index in [-0.39, 0.29) is 23.8 Å². The number of hydrogen-bond donors (Lipinski definition) is 0. The van der Waals surface area contributed by atoms with Crippen molar-refractivity contribution in [3.63, 3.8) is 0 Å². The van der Waals surface area contributed by atoms with E-state index in [9.17, 15) is 9.59 Å². The SMILES string of the molecule is COCC(=O)N1CCC2(CCCN(C(=O)c3cccnc3)C2)C1. The maximum Gasteiger partial charge on any atom is 0.255 e. The number of nitrogens with zero attached hydrogens (tertiary/aromatic N) is 3. The van der Waals surface area contributed by atoms with Crippen LogP contribution in [0, 0.1) is 5.41 Å². The second kappa shape index (κ2) is 6.66. The molecule has 0 bridgehead atoms. The lowest BCUT2D eigenvalue weighted by Gasteiger charge is -2.40. The van der Waals surface area contributed by atoms with Gasteiger partial charge in [-0.25, -0.2) is 0 Å². The van der Waals surface area contributed by atoms with Gasteiger partial charge in [-0.15, -0.1) is 0 Å². The van der Waals surface area contributed by atoms with Crippen molar-refractivity contribution in [1.82, 2.24) is 14.8 Å². The number of likely N-dealkylation sites (tertiary alicyclic amines) is 2. The summed E-state index contributed by atoms with van der Waals surface area (Å²) in [6, 6.07) is 3.59. The normalized spacial score (nSPS) is 24.2. The summed E-state index contributed by atoms with van der Waals surface area (Å²) in [5.74, 6) is 0.0823. The van der Waals surface area contributed by atoms with Crippen LogP contribution < -0.4 is 0 Å². The van der Waals surface area contributed by atoms with Crippen molar-refractivity contribution in [2.24, 2.45) is 5.41 Å². The molecular weight excluding hydrogens is 294 g/mol. The summed E-state index contributed by atoms with van der Waals surface area (Å²) in [5, 5.41) is 0. The smallest absolute Gasteiger partial charge is 0.255 e. The second-order valence-corrected chi connectivity index (χ2v) is 6.57. The van der Waals surface area contributed by atoms with Gasteiger partial charge in [0.25, 0.3) is 5.91 Å². The lowest BCUT2D eigenvalue weighted by molar-refractivity contribution is -0.134. The number of aromatic nitrogens is 1. The zero-order valence-electron chi connectivity index (χ0n) is 13.5. The predicted molar refractivity (Wildman–Crippen MR) is 84.9 cm³/mol. The number of rotatable bonds is 3. The molecule has 6 nitrogen and oxygen atoms in total. The van der Waals surface area contributed by atoms with Crippen molar-refractivity contribution in [3.8, 4) is 0 Å². The summed E-state index contributed by atoms with van der Waals surface area (Å²) >= 11 is 0. The Bertz CT molecular complexity index is 578. The number of carbonyl (C=O) groups is 2. The van der Waals surface area contributed by atoms with Crippen LogP contribution >= 0.6 is 0 Å². The van der Waals surface area contributed by atoms with E-state index in [0.29, 0.717) is 5.56 Å². The van der Waals surface area contributed by atoms with Crippen molar-refractivity contribution >= 4 is 11.8 Å². The third kappa shape index (κ3) is 3.37. The quantitative estimate of drug-likeness (QED) is 0.840. The van der Waals surface area contributed by atoms with Gasteiger partial charge in [0.05, 0.1) is 5.56 Å². The van der Waals surface area contributed by atoms with Crippen molar-refractivity contribution in [2.45, 2.75) is 19.3 Å². The molecule has 2 fully saturated rings. The molecule has 2 saturated heterocycles. The number of methoxy groups -OCH3 is 1. The van der Waals surface area contributed by atoms with Gasteiger partial charge in [-0.2, -0.15) is 0 Å². The van der Waals surface area contributed by atoms with Gasteiger partial charge in [0.1, 0.15) is 6.61 Å². The topological polar surface area (TPSA) is 62.7 Å². The van der Waals surface area contributed by atoms with Crippen LogP contribution in [-0.4, -0.2) is 66.5 Å². The van der Waals surface area contributed by atoms with E-state index >= 15 is 0 Å². The molecule has 0 aromatic carbocycles. The van der Waals surface area contributed by atoms with Gasteiger partial charge < -0.3 is 14.5 Å². The van der Waals surface area contributed by atoms with Gasteiger partial charge in [0.2, 0.25) is 5.91 Å². The summed E-state index contributed by atoms with van der Waals surface area (Å²) < 4.78 is 4.95. The molecule has 6 heteroatoms. The molecule has 0 radical (unpaired) electrons. The van der Waals surface area contributed by atoms with Crippen LogP contribution in [0.3, 0.4) is 0 Å². The van der Waals surface area contributed by atoms with Crippen molar-refractivity contribution < 1.29 is 14.3 Å². The van der Waals surface area contributed by atoms with Crippen LogP contribution in [0.25, 0.3) is 0 Å². The molecule has 124 valence electrons. The number of ether oxygens (including phenoxy) is 1. The molecule has 0 N–H and O–H groups in total. The zero-order chi connectivity index (χ0) is 16.3. The highest BCUT2D eigenvalue weighted by atomic mass is 16.5. The van der Waals surface area contributed by atoms with Crippen molar-refractivity contribution in [3.05, 3.63) is 30.1 Å². The van der Waals surface area contributed by atoms with Crippen LogP contribution in [0.4, 0.5) is 0 Å². The largest absolute Gasteiger partial charge is 0.375 e. The molecule has 1 atom stereocenters. The third-order valence-electron chi connectivity index (χ3n) is 4.92. The van der Waals surface area contributed by atoms with Crippen LogP contribution in [0.15, 0.2) is 24.5 Å². The Morgan fingerprint density at radius 3 is 2.83 bits per heavy atom. The Kier molecular flexibility index (Phi) is 4.61. The number of pyridine rings is 1. The minimum absolute atomic E-state index is 0.0406. The standard InChI is InChI=1S/C17H23N3O3/c1-23-11-15(21)19-9-6-17(12-19)5-3-8-20(13-17)16(22)14-4-2-7-18-10-14/h2,4,7,10H,3,5-6,8-9,11-13H2,1H3. The maximum absolute atomic E-state index is 12.6. The monoisotopic (exact) mass is 317 g/mol. The Hall–Kier alpha value is -1.95. The number of piperidine rings is 1. The molecule has 1 aromatic rings. The van der Waals surface area contributed by atoms with E-state index < -0.39 is 0 Å². The van der Waals surface area contributed by atoms with Crippen LogP contribution in [0.5, 0.6) is 0 Å². The molecule has 2 aliphatic heterocycles. The third-order valence-corrected chi connectivity index (χ3v) is 4.92. The first-order valence-corrected chi connectivity index (χ1v) is 8.10. The molecule has 1 unspecified atom stereocenters. The lowest BCUT2D eigenvalue weighted by Crippen LogP contribution is -2.48. The first-order chi connectivity index (χ1) is 11.1. The fraction of sp³-hybridized carbons (Fsp3) is 0.588. The molecular formula is C17H23N3O3. The van der Waals surface area contributed by atoms with Gasteiger partial charge in [-0.1, -0.05) is 0 Å². The fourth-order valence-corrected chi connectivity index (χ4v) is 3.75. The van der Waals surface area contributed by atoms with E-state index in [1.165, 1.54) is 0 Å². The van der Waals surface area contributed by atoms with E-state index in [0.717, 1.165) is 45.4 Å². The number of carbonyl (C=O) groups excluding carboxylic acids is 2. The van der Waals surface area contributed by atoms with E-state index in [1.807, 2.05) is 9.80 Å². The Morgan fingerprint density at radius 2 is 2.09 bits per heavy atom. The molecule has 3 heterocycles. The fourth-order valence-electron chi connectivity index (χ4n) is 3.75. The Balaban J connectivity index is 1.67. The van der Waals surface area contributed by atoms with Crippen LogP contribution in [-0.2, 0) is 9.53 Å². The minimum atomic E-state index is 0.0406. The molecule has 23 heavy (non-hydrogen) atoms. The molecule has 0 saturated carbocycles. The number of amides is 2. The first-order valence-electron chi connectivity index (χ1n) is 8.10. The van der Waals surface area contributed by atoms with E-state index in [4.69, 9.17) is 4.74 Å². The number of hydrogen-bond acceptors (Lipinski definition) is 4. The van der Waals surface area contributed by atoms with Crippen LogP contribution in [0.1, 0.15) is 29.6 Å². The summed E-state index contributed by atoms with van der Waals surface area (Å²) in [7, 11) is 1.54. The van der Waals surface area contributed by atoms with E-state index in [1.54, 1.807) is 31.6 Å². The highest BCUT2D eigenvalue weighted by molar-refractivity contribution is 5.94. The average molecular weight is 317 g/mol. The van der Waals surface area contributed by atoms with Crippen molar-refractivity contribution in [2.75, 3.05) is 39.9 Å². The predicted octanol–water partition coefficient (Wildman–Crippen LogP) is 1.18. The van der Waals surface area contributed by atoms with Gasteiger partial charge in [-0.05, 0) is 31.4 Å². The molecule has 0 aliphatic carbocycles. The molecule has 2 amide bonds. The van der Waals surface area contributed by atoms with Gasteiger partial charge >= 0.3 is 0 Å². The summed E-state index contributed by atoms with van der Waals surface area (Å²) in [5.41, 5.74) is 0.675.